The Morgan fingerprint density at radius 3 is 2.66 bits per heavy atom. The van der Waals surface area contributed by atoms with Gasteiger partial charge in [0.15, 0.2) is 11.7 Å². The maximum Gasteiger partial charge on any atom is 0.345 e. The van der Waals surface area contributed by atoms with Crippen LogP contribution in [0.25, 0.3) is 11.3 Å². The maximum absolute atomic E-state index is 14.3. The van der Waals surface area contributed by atoms with Crippen molar-refractivity contribution in [2.75, 3.05) is 17.8 Å². The number of carbonyl (C=O) groups is 1. The largest absolute Gasteiger partial charge is 0.349 e. The number of aromatic nitrogens is 1. The molecule has 2 aliphatic rings. The van der Waals surface area contributed by atoms with Crippen LogP contribution in [0.3, 0.4) is 0 Å². The molecule has 0 radical (unpaired) electrons. The zero-order valence-corrected chi connectivity index (χ0v) is 19.0. The number of carbonyl (C=O) groups excluding carboxylic acids is 1. The number of piperazine rings is 1. The second-order valence-electron chi connectivity index (χ2n) is 7.73. The molecule has 2 atom stereocenters. The molecule has 1 aromatic carbocycles. The predicted molar refractivity (Wildman–Crippen MR) is 121 cm³/mol. The highest BCUT2D eigenvalue weighted by Gasteiger charge is 2.37. The summed E-state index contributed by atoms with van der Waals surface area (Å²) in [5, 5.41) is 0.156. The highest BCUT2D eigenvalue weighted by atomic mass is 35.5. The average Bonchev–Trinajstić information content (AvgIpc) is 2.74. The molecule has 1 aromatic heterocycles. The molecule has 2 aliphatic heterocycles. The topological polar surface area (TPSA) is 95.0 Å². The number of hydrogen-bond acceptors (Lipinski definition) is 5. The van der Waals surface area contributed by atoms with Crippen molar-refractivity contribution in [1.29, 1.82) is 0 Å². The normalized spacial score (nSPS) is 21.9. The van der Waals surface area contributed by atoms with Gasteiger partial charge in [-0.3, -0.25) is 4.79 Å². The fourth-order valence-corrected chi connectivity index (χ4v) is 5.07. The van der Waals surface area contributed by atoms with Gasteiger partial charge in [0.1, 0.15) is 5.82 Å². The van der Waals surface area contributed by atoms with E-state index in [-0.39, 0.29) is 45.9 Å². The van der Waals surface area contributed by atoms with Crippen molar-refractivity contribution in [2.24, 2.45) is 4.40 Å². The number of pyridine rings is 1. The molecule has 0 spiro atoms. The molecule has 1 saturated heterocycles. The average molecular weight is 478 g/mol. The lowest BCUT2D eigenvalue weighted by molar-refractivity contribution is -0.130. The molecule has 11 heteroatoms. The molecule has 3 heterocycles. The number of amides is 1. The minimum atomic E-state index is -4.09. The predicted octanol–water partition coefficient (Wildman–Crippen LogP) is 3.07. The van der Waals surface area contributed by atoms with Crippen molar-refractivity contribution in [3.05, 3.63) is 59.4 Å². The van der Waals surface area contributed by atoms with E-state index in [0.717, 1.165) is 0 Å². The van der Waals surface area contributed by atoms with Gasteiger partial charge in [0, 0.05) is 30.7 Å². The molecular weight excluding hydrogens is 457 g/mol. The van der Waals surface area contributed by atoms with Crippen molar-refractivity contribution in [1.82, 2.24) is 14.8 Å². The minimum Gasteiger partial charge on any atom is -0.349 e. The number of amidine groups is 1. The van der Waals surface area contributed by atoms with E-state index in [1.54, 1.807) is 11.0 Å². The van der Waals surface area contributed by atoms with E-state index in [0.29, 0.717) is 18.7 Å². The smallest absolute Gasteiger partial charge is 0.345 e. The standard InChI is InChI=1S/C21H21ClFN5O3S/c1-4-18(29)27-10-13(3)28(11-12(27)2)21-15-9-16(22)19(14-7-5-6-8-17(14)23)24-20(15)25-32(30,31)26-21/h4-9,12-13H,1,10-11H2,2-3H3,(H,24,25). The Bertz CT molecular complexity index is 1250. The number of hydrogen-bond donors (Lipinski definition) is 1. The van der Waals surface area contributed by atoms with Gasteiger partial charge < -0.3 is 9.80 Å². The van der Waals surface area contributed by atoms with E-state index < -0.39 is 16.0 Å². The van der Waals surface area contributed by atoms with E-state index in [4.69, 9.17) is 11.6 Å². The second kappa shape index (κ2) is 8.18. The van der Waals surface area contributed by atoms with Gasteiger partial charge >= 0.3 is 10.2 Å². The van der Waals surface area contributed by atoms with Crippen molar-refractivity contribution in [3.63, 3.8) is 0 Å². The third kappa shape index (κ3) is 3.95. The highest BCUT2D eigenvalue weighted by Crippen LogP contribution is 2.35. The molecule has 32 heavy (non-hydrogen) atoms. The lowest BCUT2D eigenvalue weighted by Crippen LogP contribution is -2.59. The quantitative estimate of drug-likeness (QED) is 0.671. The summed E-state index contributed by atoms with van der Waals surface area (Å²) in [6.45, 7) is 7.98. The first kappa shape index (κ1) is 22.2. The first-order valence-corrected chi connectivity index (χ1v) is 11.7. The zero-order chi connectivity index (χ0) is 23.2. The molecule has 0 bridgehead atoms. The van der Waals surface area contributed by atoms with Gasteiger partial charge in [0.05, 0.1) is 16.3 Å². The van der Waals surface area contributed by atoms with Crippen molar-refractivity contribution >= 4 is 39.4 Å². The summed E-state index contributed by atoms with van der Waals surface area (Å²) >= 11 is 6.45. The summed E-state index contributed by atoms with van der Waals surface area (Å²) in [5.41, 5.74) is 0.657. The highest BCUT2D eigenvalue weighted by molar-refractivity contribution is 7.91. The van der Waals surface area contributed by atoms with Crippen LogP contribution in [0.2, 0.25) is 5.02 Å². The van der Waals surface area contributed by atoms with Gasteiger partial charge in [-0.05, 0) is 38.1 Å². The zero-order valence-electron chi connectivity index (χ0n) is 17.4. The van der Waals surface area contributed by atoms with Crippen LogP contribution < -0.4 is 4.72 Å². The van der Waals surface area contributed by atoms with Crippen LogP contribution in [0.4, 0.5) is 10.2 Å². The van der Waals surface area contributed by atoms with E-state index in [1.165, 1.54) is 30.3 Å². The SMILES string of the molecule is C=CC(=O)N1CC(C)N(C2=NS(=O)(=O)Nc3nc(-c4ccccc4F)c(Cl)cc32)CC1C. The van der Waals surface area contributed by atoms with E-state index in [2.05, 4.69) is 20.7 Å². The number of rotatable bonds is 2. The first-order chi connectivity index (χ1) is 15.1. The summed E-state index contributed by atoms with van der Waals surface area (Å²) in [6, 6.07) is 7.06. The number of anilines is 1. The van der Waals surface area contributed by atoms with Crippen molar-refractivity contribution in [3.8, 4) is 11.3 Å². The lowest BCUT2D eigenvalue weighted by Gasteiger charge is -2.45. The minimum absolute atomic E-state index is 0.0158. The Balaban J connectivity index is 1.78. The summed E-state index contributed by atoms with van der Waals surface area (Å²) in [6.07, 6.45) is 1.26. The Labute approximate surface area is 190 Å². The fraction of sp³-hybridized carbons (Fsp3) is 0.286. The van der Waals surface area contributed by atoms with Crippen LogP contribution in [0.5, 0.6) is 0 Å². The summed E-state index contributed by atoms with van der Waals surface area (Å²) in [5.74, 6) is -0.524. The molecule has 4 rings (SSSR count). The van der Waals surface area contributed by atoms with E-state index >= 15 is 0 Å². The van der Waals surface area contributed by atoms with Crippen LogP contribution in [-0.2, 0) is 15.0 Å². The van der Waals surface area contributed by atoms with E-state index in [9.17, 15) is 17.6 Å². The molecule has 1 N–H and O–H groups in total. The van der Waals surface area contributed by atoms with Gasteiger partial charge in [0.2, 0.25) is 5.91 Å². The molecular formula is C21H21ClFN5O3S. The Morgan fingerprint density at radius 2 is 1.97 bits per heavy atom. The van der Waals surface area contributed by atoms with Crippen LogP contribution in [0, 0.1) is 5.82 Å². The van der Waals surface area contributed by atoms with E-state index in [1.807, 2.05) is 18.7 Å². The van der Waals surface area contributed by atoms with Gasteiger partial charge in [0.25, 0.3) is 0 Å². The van der Waals surface area contributed by atoms with Gasteiger partial charge in [-0.15, -0.1) is 4.40 Å². The van der Waals surface area contributed by atoms with Crippen molar-refractivity contribution in [2.45, 2.75) is 25.9 Å². The summed E-state index contributed by atoms with van der Waals surface area (Å²) < 4.78 is 45.6. The Hall–Kier alpha value is -2.98. The van der Waals surface area contributed by atoms with Crippen LogP contribution in [-0.4, -0.2) is 60.1 Å². The number of halogens is 2. The Kier molecular flexibility index (Phi) is 5.68. The van der Waals surface area contributed by atoms with Crippen molar-refractivity contribution < 1.29 is 17.6 Å². The van der Waals surface area contributed by atoms with Crippen LogP contribution in [0.1, 0.15) is 19.4 Å². The third-order valence-corrected chi connectivity index (χ3v) is 6.65. The molecule has 1 fully saturated rings. The molecule has 2 aromatic rings. The molecule has 168 valence electrons. The Morgan fingerprint density at radius 1 is 1.25 bits per heavy atom. The summed E-state index contributed by atoms with van der Waals surface area (Å²) in [7, 11) is -4.09. The maximum atomic E-state index is 14.3. The van der Waals surface area contributed by atoms with Gasteiger partial charge in [-0.1, -0.05) is 30.3 Å². The lowest BCUT2D eigenvalue weighted by atomic mass is 10.0. The number of fused-ring (bicyclic) bond motifs is 1. The molecule has 2 unspecified atom stereocenters. The van der Waals surface area contributed by atoms with Crippen LogP contribution in [0.15, 0.2) is 47.4 Å². The molecule has 8 nitrogen and oxygen atoms in total. The van der Waals surface area contributed by atoms with Gasteiger partial charge in [-0.2, -0.15) is 8.42 Å². The van der Waals surface area contributed by atoms with Crippen LogP contribution >= 0.6 is 11.6 Å². The number of benzene rings is 1. The first-order valence-electron chi connectivity index (χ1n) is 9.89. The third-order valence-electron chi connectivity index (χ3n) is 5.49. The number of nitrogens with zero attached hydrogens (tertiary/aromatic N) is 4. The number of nitrogens with one attached hydrogen (secondary N) is 1. The summed E-state index contributed by atoms with van der Waals surface area (Å²) in [4.78, 5) is 20.0. The molecule has 0 saturated carbocycles. The fourth-order valence-electron chi connectivity index (χ4n) is 3.94. The molecule has 1 amide bonds. The second-order valence-corrected chi connectivity index (χ2v) is 9.48. The monoisotopic (exact) mass is 477 g/mol. The van der Waals surface area contributed by atoms with Gasteiger partial charge in [-0.25, -0.2) is 14.1 Å². The molecule has 0 aliphatic carbocycles.